The number of hydrogen-bond donors (Lipinski definition) is 3. The third kappa shape index (κ3) is 3.55. The quantitative estimate of drug-likeness (QED) is 0.463. The van der Waals surface area contributed by atoms with E-state index in [4.69, 9.17) is 11.6 Å². The summed E-state index contributed by atoms with van der Waals surface area (Å²) in [4.78, 5) is 33.0. The van der Waals surface area contributed by atoms with Crippen LogP contribution in [0.25, 0.3) is 11.0 Å². The van der Waals surface area contributed by atoms with Gasteiger partial charge in [-0.2, -0.15) is 0 Å². The molecule has 4 aromatic rings. The molecule has 134 valence electrons. The van der Waals surface area contributed by atoms with Crippen molar-refractivity contribution in [2.24, 2.45) is 0 Å². The summed E-state index contributed by atoms with van der Waals surface area (Å²) < 4.78 is 0. The van der Waals surface area contributed by atoms with Gasteiger partial charge in [0.1, 0.15) is 0 Å². The standard InChI is InChI=1S/C19H13ClN4O2S/c20-11-5-3-8-14(21-17(25)15-9-4-10-27-15)16(11)18(26)24-19-22-12-6-1-2-7-13(12)23-19/h1-10H,(H,21,25)(H2,22,23,24,26). The number of amides is 2. The van der Waals surface area contributed by atoms with Crippen molar-refractivity contribution in [2.45, 2.75) is 0 Å². The van der Waals surface area contributed by atoms with E-state index < -0.39 is 5.91 Å². The lowest BCUT2D eigenvalue weighted by Crippen LogP contribution is -2.18. The van der Waals surface area contributed by atoms with E-state index in [1.54, 1.807) is 30.3 Å². The number of hydrogen-bond acceptors (Lipinski definition) is 4. The second-order valence-electron chi connectivity index (χ2n) is 5.65. The van der Waals surface area contributed by atoms with Crippen LogP contribution >= 0.6 is 22.9 Å². The molecular weight excluding hydrogens is 384 g/mol. The summed E-state index contributed by atoms with van der Waals surface area (Å²) in [7, 11) is 0. The van der Waals surface area contributed by atoms with Crippen LogP contribution in [-0.2, 0) is 0 Å². The van der Waals surface area contributed by atoms with Crippen molar-refractivity contribution in [3.8, 4) is 0 Å². The summed E-state index contributed by atoms with van der Waals surface area (Å²) in [5, 5.41) is 7.48. The number of imidazole rings is 1. The van der Waals surface area contributed by atoms with Gasteiger partial charge >= 0.3 is 0 Å². The maximum absolute atomic E-state index is 12.8. The van der Waals surface area contributed by atoms with Gasteiger partial charge < -0.3 is 10.3 Å². The van der Waals surface area contributed by atoms with E-state index in [9.17, 15) is 9.59 Å². The Kier molecular flexibility index (Phi) is 4.62. The molecule has 2 heterocycles. The number of halogens is 1. The highest BCUT2D eigenvalue weighted by atomic mass is 35.5. The first-order valence-corrected chi connectivity index (χ1v) is 9.27. The van der Waals surface area contributed by atoms with Crippen LogP contribution < -0.4 is 10.6 Å². The zero-order chi connectivity index (χ0) is 18.8. The molecule has 0 saturated heterocycles. The van der Waals surface area contributed by atoms with E-state index in [1.807, 2.05) is 29.6 Å². The number of benzene rings is 2. The largest absolute Gasteiger partial charge is 0.324 e. The molecule has 27 heavy (non-hydrogen) atoms. The molecule has 0 spiro atoms. The summed E-state index contributed by atoms with van der Waals surface area (Å²) in [5.74, 6) is -0.470. The van der Waals surface area contributed by atoms with Crippen LogP contribution in [0.1, 0.15) is 20.0 Å². The van der Waals surface area contributed by atoms with Crippen LogP contribution in [0, 0.1) is 0 Å². The lowest BCUT2D eigenvalue weighted by molar-refractivity contribution is 0.102. The maximum Gasteiger partial charge on any atom is 0.265 e. The number of aromatic amines is 1. The van der Waals surface area contributed by atoms with Gasteiger partial charge in [-0.25, -0.2) is 4.98 Å². The lowest BCUT2D eigenvalue weighted by atomic mass is 10.1. The Morgan fingerprint density at radius 3 is 2.59 bits per heavy atom. The third-order valence-corrected chi connectivity index (χ3v) is 5.04. The predicted molar refractivity (Wildman–Crippen MR) is 108 cm³/mol. The van der Waals surface area contributed by atoms with Gasteiger partial charge in [-0.05, 0) is 35.7 Å². The fourth-order valence-corrected chi connectivity index (χ4v) is 3.51. The van der Waals surface area contributed by atoms with Crippen molar-refractivity contribution in [3.05, 3.63) is 75.4 Å². The number of thiophene rings is 1. The van der Waals surface area contributed by atoms with E-state index in [1.165, 1.54) is 11.3 Å². The van der Waals surface area contributed by atoms with Gasteiger partial charge in [0.05, 0.1) is 32.2 Å². The van der Waals surface area contributed by atoms with E-state index in [0.29, 0.717) is 16.5 Å². The van der Waals surface area contributed by atoms with Crippen molar-refractivity contribution in [1.82, 2.24) is 9.97 Å². The number of anilines is 2. The molecule has 0 aliphatic carbocycles. The number of H-pyrrole nitrogens is 1. The second-order valence-corrected chi connectivity index (χ2v) is 7.01. The highest BCUT2D eigenvalue weighted by Gasteiger charge is 2.19. The van der Waals surface area contributed by atoms with Crippen LogP contribution in [-0.4, -0.2) is 21.8 Å². The minimum Gasteiger partial charge on any atom is -0.324 e. The highest BCUT2D eigenvalue weighted by molar-refractivity contribution is 7.12. The van der Waals surface area contributed by atoms with Gasteiger partial charge in [0.15, 0.2) is 0 Å². The number of carbonyl (C=O) groups is 2. The topological polar surface area (TPSA) is 86.9 Å². The van der Waals surface area contributed by atoms with E-state index in [2.05, 4.69) is 20.6 Å². The Bertz CT molecular complexity index is 1100. The number of para-hydroxylation sites is 2. The van der Waals surface area contributed by atoms with Crippen LogP contribution in [0.5, 0.6) is 0 Å². The average molecular weight is 397 g/mol. The van der Waals surface area contributed by atoms with Gasteiger partial charge in [-0.3, -0.25) is 14.9 Å². The molecule has 2 aromatic heterocycles. The molecule has 2 aromatic carbocycles. The van der Waals surface area contributed by atoms with E-state index >= 15 is 0 Å². The molecule has 6 nitrogen and oxygen atoms in total. The fraction of sp³-hybridized carbons (Fsp3) is 0. The normalized spacial score (nSPS) is 10.7. The van der Waals surface area contributed by atoms with Crippen molar-refractivity contribution in [3.63, 3.8) is 0 Å². The number of aromatic nitrogens is 2. The first-order chi connectivity index (χ1) is 13.1. The number of rotatable bonds is 4. The average Bonchev–Trinajstić information content (AvgIpc) is 3.31. The minimum atomic E-state index is -0.471. The van der Waals surface area contributed by atoms with Gasteiger partial charge in [0.2, 0.25) is 5.95 Å². The zero-order valence-corrected chi connectivity index (χ0v) is 15.4. The summed E-state index contributed by atoms with van der Waals surface area (Å²) in [6.45, 7) is 0. The molecule has 0 radical (unpaired) electrons. The maximum atomic E-state index is 12.8. The molecule has 0 fully saturated rings. The van der Waals surface area contributed by atoms with Gasteiger partial charge in [-0.15, -0.1) is 11.3 Å². The fourth-order valence-electron chi connectivity index (χ4n) is 2.63. The molecule has 0 atom stereocenters. The first kappa shape index (κ1) is 17.3. The number of fused-ring (bicyclic) bond motifs is 1. The molecule has 3 N–H and O–H groups in total. The Morgan fingerprint density at radius 1 is 0.963 bits per heavy atom. The second kappa shape index (κ2) is 7.22. The Morgan fingerprint density at radius 2 is 1.81 bits per heavy atom. The summed E-state index contributed by atoms with van der Waals surface area (Å²) in [6.07, 6.45) is 0. The summed E-state index contributed by atoms with van der Waals surface area (Å²) in [5.41, 5.74) is 2.04. The van der Waals surface area contributed by atoms with Crippen molar-refractivity contribution in [1.29, 1.82) is 0 Å². The number of nitrogens with one attached hydrogen (secondary N) is 3. The van der Waals surface area contributed by atoms with Crippen LogP contribution in [0.2, 0.25) is 5.02 Å². The predicted octanol–water partition coefficient (Wildman–Crippen LogP) is 4.78. The van der Waals surface area contributed by atoms with Gasteiger partial charge in [-0.1, -0.05) is 35.9 Å². The van der Waals surface area contributed by atoms with Crippen molar-refractivity contribution in [2.75, 3.05) is 10.6 Å². The molecule has 0 unspecified atom stereocenters. The van der Waals surface area contributed by atoms with Gasteiger partial charge in [0, 0.05) is 0 Å². The Hall–Kier alpha value is -3.16. The van der Waals surface area contributed by atoms with Gasteiger partial charge in [0.25, 0.3) is 11.8 Å². The van der Waals surface area contributed by atoms with Crippen molar-refractivity contribution >= 4 is 57.4 Å². The molecule has 2 amide bonds. The molecule has 8 heteroatoms. The molecule has 0 saturated carbocycles. The molecular formula is C19H13ClN4O2S. The van der Waals surface area contributed by atoms with E-state index in [0.717, 1.165) is 11.0 Å². The summed E-state index contributed by atoms with van der Waals surface area (Å²) in [6, 6.07) is 15.8. The number of nitrogens with zero attached hydrogens (tertiary/aromatic N) is 1. The van der Waals surface area contributed by atoms with Crippen molar-refractivity contribution < 1.29 is 9.59 Å². The molecule has 4 rings (SSSR count). The molecule has 0 bridgehead atoms. The smallest absolute Gasteiger partial charge is 0.265 e. The van der Waals surface area contributed by atoms with Crippen LogP contribution in [0.3, 0.4) is 0 Å². The highest BCUT2D eigenvalue weighted by Crippen LogP contribution is 2.26. The molecule has 0 aliphatic rings. The lowest BCUT2D eigenvalue weighted by Gasteiger charge is -2.11. The van der Waals surface area contributed by atoms with Crippen LogP contribution in [0.4, 0.5) is 11.6 Å². The number of carbonyl (C=O) groups excluding carboxylic acids is 2. The zero-order valence-electron chi connectivity index (χ0n) is 13.8. The Labute approximate surface area is 163 Å². The minimum absolute atomic E-state index is 0.171. The monoisotopic (exact) mass is 396 g/mol. The summed E-state index contributed by atoms with van der Waals surface area (Å²) >= 11 is 7.55. The SMILES string of the molecule is O=C(Nc1cccc(Cl)c1C(=O)Nc1nc2ccccc2[nH]1)c1cccs1. The third-order valence-electron chi connectivity index (χ3n) is 3.86. The first-order valence-electron chi connectivity index (χ1n) is 8.01. The molecule has 0 aliphatic heterocycles. The Balaban J connectivity index is 1.62. The van der Waals surface area contributed by atoms with E-state index in [-0.39, 0.29) is 16.5 Å². The van der Waals surface area contributed by atoms with Crippen LogP contribution in [0.15, 0.2) is 60.0 Å².